The monoisotopic (exact) mass is 124 g/mol. The molecule has 2 aliphatic rings. The van der Waals surface area contributed by atoms with E-state index >= 15 is 0 Å². The molecular formula is C6H4O3. The van der Waals surface area contributed by atoms with Crippen LogP contribution in [-0.2, 0) is 14.6 Å². The number of hydrogen-bond donors (Lipinski definition) is 0. The van der Waals surface area contributed by atoms with E-state index in [1.165, 1.54) is 12.2 Å². The second-order valence-corrected chi connectivity index (χ2v) is 1.96. The van der Waals surface area contributed by atoms with Gasteiger partial charge in [0.25, 0.3) is 5.79 Å². The van der Waals surface area contributed by atoms with Crippen molar-refractivity contribution in [3.63, 3.8) is 0 Å². The van der Waals surface area contributed by atoms with Crippen LogP contribution in [-0.4, -0.2) is 11.6 Å². The van der Waals surface area contributed by atoms with Crippen LogP contribution in [0.25, 0.3) is 0 Å². The largest absolute Gasteiger partial charge is 0.290 e. The Kier molecular flexibility index (Phi) is 0.717. The lowest BCUT2D eigenvalue weighted by atomic mass is 10.1. The lowest BCUT2D eigenvalue weighted by Crippen LogP contribution is -2.07. The van der Waals surface area contributed by atoms with Crippen molar-refractivity contribution in [1.82, 2.24) is 0 Å². The Morgan fingerprint density at radius 2 is 1.78 bits per heavy atom. The number of carbonyl (C=O) groups excluding carboxylic acids is 1. The van der Waals surface area contributed by atoms with Gasteiger partial charge in [-0.15, -0.1) is 0 Å². The van der Waals surface area contributed by atoms with E-state index in [2.05, 4.69) is 9.78 Å². The third kappa shape index (κ3) is 0.704. The second kappa shape index (κ2) is 1.32. The molecule has 1 heterocycles. The van der Waals surface area contributed by atoms with Gasteiger partial charge in [-0.2, -0.15) is 9.78 Å². The van der Waals surface area contributed by atoms with Crippen LogP contribution in [0.5, 0.6) is 0 Å². The second-order valence-electron chi connectivity index (χ2n) is 1.96. The van der Waals surface area contributed by atoms with Crippen LogP contribution in [0.15, 0.2) is 24.3 Å². The van der Waals surface area contributed by atoms with Crippen LogP contribution in [0.2, 0.25) is 0 Å². The molecular weight excluding hydrogens is 120 g/mol. The average Bonchev–Trinajstić information content (AvgIpc) is 2.60. The zero-order valence-electron chi connectivity index (χ0n) is 4.53. The summed E-state index contributed by atoms with van der Waals surface area (Å²) in [5, 5.41) is 0. The van der Waals surface area contributed by atoms with E-state index in [-0.39, 0.29) is 5.78 Å². The minimum absolute atomic E-state index is 0.0280. The molecule has 1 saturated heterocycles. The molecule has 3 nitrogen and oxygen atoms in total. The Morgan fingerprint density at radius 1 is 1.22 bits per heavy atom. The highest BCUT2D eigenvalue weighted by Crippen LogP contribution is 2.33. The van der Waals surface area contributed by atoms with Gasteiger partial charge < -0.3 is 0 Å². The number of allylic oxidation sites excluding steroid dienone is 2. The summed E-state index contributed by atoms with van der Waals surface area (Å²) in [7, 11) is 0. The van der Waals surface area contributed by atoms with Gasteiger partial charge in [-0.05, 0) is 24.3 Å². The summed E-state index contributed by atoms with van der Waals surface area (Å²) in [6, 6.07) is 0. The van der Waals surface area contributed by atoms with Gasteiger partial charge in [0.1, 0.15) is 0 Å². The lowest BCUT2D eigenvalue weighted by molar-refractivity contribution is -0.110. The molecule has 2 rings (SSSR count). The Labute approximate surface area is 51.5 Å². The summed E-state index contributed by atoms with van der Waals surface area (Å²) < 4.78 is 0. The van der Waals surface area contributed by atoms with E-state index in [4.69, 9.17) is 0 Å². The predicted molar refractivity (Wildman–Crippen MR) is 28.2 cm³/mol. The molecule has 0 saturated carbocycles. The highest BCUT2D eigenvalue weighted by molar-refractivity contribution is 6.00. The topological polar surface area (TPSA) is 42.1 Å². The maximum absolute atomic E-state index is 10.5. The fourth-order valence-electron chi connectivity index (χ4n) is 0.667. The van der Waals surface area contributed by atoms with E-state index in [1.54, 1.807) is 12.2 Å². The molecule has 0 atom stereocenters. The first-order valence-corrected chi connectivity index (χ1v) is 2.60. The molecule has 0 amide bonds. The molecule has 46 valence electrons. The maximum atomic E-state index is 10.5. The molecule has 1 aliphatic carbocycles. The zero-order chi connectivity index (χ0) is 6.32. The summed E-state index contributed by atoms with van der Waals surface area (Å²) in [6.07, 6.45) is 6.00. The number of hydrogen-bond acceptors (Lipinski definition) is 3. The molecule has 0 N–H and O–H groups in total. The molecule has 0 aromatic carbocycles. The van der Waals surface area contributed by atoms with Crippen molar-refractivity contribution in [2.45, 2.75) is 5.79 Å². The number of carbonyl (C=O) groups is 1. The quantitative estimate of drug-likeness (QED) is 0.345. The van der Waals surface area contributed by atoms with Gasteiger partial charge in [0.15, 0.2) is 5.78 Å². The van der Waals surface area contributed by atoms with E-state index in [0.717, 1.165) is 0 Å². The Hall–Kier alpha value is -0.930. The fraction of sp³-hybridized carbons (Fsp3) is 0.167. The van der Waals surface area contributed by atoms with Crippen LogP contribution in [0, 0.1) is 0 Å². The van der Waals surface area contributed by atoms with E-state index in [1.807, 2.05) is 0 Å². The van der Waals surface area contributed by atoms with Crippen LogP contribution < -0.4 is 0 Å². The van der Waals surface area contributed by atoms with Crippen molar-refractivity contribution >= 4 is 5.78 Å². The molecule has 1 fully saturated rings. The minimum Gasteiger partial charge on any atom is -0.290 e. The fourth-order valence-corrected chi connectivity index (χ4v) is 0.667. The van der Waals surface area contributed by atoms with Crippen LogP contribution in [0.3, 0.4) is 0 Å². The SMILES string of the molecule is O=C1C=CC2(C=C1)OO2. The van der Waals surface area contributed by atoms with Crippen molar-refractivity contribution in [1.29, 1.82) is 0 Å². The van der Waals surface area contributed by atoms with Gasteiger partial charge in [-0.3, -0.25) is 4.79 Å². The van der Waals surface area contributed by atoms with E-state index in [9.17, 15) is 4.79 Å². The number of rotatable bonds is 0. The van der Waals surface area contributed by atoms with Crippen LogP contribution >= 0.6 is 0 Å². The van der Waals surface area contributed by atoms with Crippen LogP contribution in [0.4, 0.5) is 0 Å². The third-order valence-electron chi connectivity index (χ3n) is 1.24. The van der Waals surface area contributed by atoms with Gasteiger partial charge in [-0.1, -0.05) is 0 Å². The van der Waals surface area contributed by atoms with Crippen molar-refractivity contribution < 1.29 is 14.6 Å². The Bertz CT molecular complexity index is 192. The summed E-state index contributed by atoms with van der Waals surface area (Å²) in [5.41, 5.74) is 0. The third-order valence-corrected chi connectivity index (χ3v) is 1.24. The minimum atomic E-state index is -0.673. The van der Waals surface area contributed by atoms with Crippen molar-refractivity contribution in [3.8, 4) is 0 Å². The first kappa shape index (κ1) is 4.90. The standard InChI is InChI=1S/C6H4O3/c7-5-1-3-6(4-2-5)8-9-6/h1-4H. The van der Waals surface area contributed by atoms with Gasteiger partial charge in [0.05, 0.1) is 0 Å². The van der Waals surface area contributed by atoms with E-state index in [0.29, 0.717) is 0 Å². The predicted octanol–water partition coefficient (Wildman–Crippen LogP) is 0.340. The zero-order valence-corrected chi connectivity index (χ0v) is 4.53. The van der Waals surface area contributed by atoms with Gasteiger partial charge >= 0.3 is 0 Å². The van der Waals surface area contributed by atoms with Crippen molar-refractivity contribution in [3.05, 3.63) is 24.3 Å². The first-order valence-electron chi connectivity index (χ1n) is 2.60. The maximum Gasteiger partial charge on any atom is 0.271 e. The van der Waals surface area contributed by atoms with Gasteiger partial charge in [-0.25, -0.2) is 0 Å². The number of ketones is 1. The van der Waals surface area contributed by atoms with E-state index < -0.39 is 5.79 Å². The molecule has 1 spiro atoms. The molecule has 0 unspecified atom stereocenters. The highest BCUT2D eigenvalue weighted by Gasteiger charge is 2.45. The first-order chi connectivity index (χ1) is 4.31. The van der Waals surface area contributed by atoms with Crippen molar-refractivity contribution in [2.24, 2.45) is 0 Å². The molecule has 0 aromatic heterocycles. The van der Waals surface area contributed by atoms with Crippen LogP contribution in [0.1, 0.15) is 0 Å². The van der Waals surface area contributed by atoms with Gasteiger partial charge in [0.2, 0.25) is 0 Å². The molecule has 9 heavy (non-hydrogen) atoms. The summed E-state index contributed by atoms with van der Waals surface area (Å²) in [6.45, 7) is 0. The summed E-state index contributed by atoms with van der Waals surface area (Å²) in [4.78, 5) is 19.6. The molecule has 0 bridgehead atoms. The smallest absolute Gasteiger partial charge is 0.271 e. The Balaban J connectivity index is 2.28. The average molecular weight is 124 g/mol. The van der Waals surface area contributed by atoms with Gasteiger partial charge in [0, 0.05) is 0 Å². The summed E-state index contributed by atoms with van der Waals surface area (Å²) in [5.74, 6) is -0.701. The molecule has 0 radical (unpaired) electrons. The van der Waals surface area contributed by atoms with Crippen molar-refractivity contribution in [2.75, 3.05) is 0 Å². The molecule has 3 heteroatoms. The normalized spacial score (nSPS) is 27.3. The summed E-state index contributed by atoms with van der Waals surface area (Å²) >= 11 is 0. The molecule has 0 aromatic rings. The molecule has 1 aliphatic heterocycles. The lowest BCUT2D eigenvalue weighted by Gasteiger charge is -1.95. The Morgan fingerprint density at radius 3 is 2.22 bits per heavy atom. The highest BCUT2D eigenvalue weighted by atomic mass is 17.4.